The maximum absolute atomic E-state index is 11.8. The van der Waals surface area contributed by atoms with Gasteiger partial charge in [-0.05, 0) is 18.1 Å². The minimum absolute atomic E-state index is 0.0164. The summed E-state index contributed by atoms with van der Waals surface area (Å²) in [6.45, 7) is 0.387. The summed E-state index contributed by atoms with van der Waals surface area (Å²) >= 11 is 0. The van der Waals surface area contributed by atoms with Crippen molar-refractivity contribution in [1.29, 1.82) is 0 Å². The van der Waals surface area contributed by atoms with Gasteiger partial charge < -0.3 is 9.64 Å². The van der Waals surface area contributed by atoms with E-state index in [1.165, 1.54) is 7.11 Å². The lowest BCUT2D eigenvalue weighted by molar-refractivity contribution is -0.141. The lowest BCUT2D eigenvalue weighted by atomic mass is 10.1. The second-order valence-electron chi connectivity index (χ2n) is 4.00. The molecule has 0 aliphatic carbocycles. The first-order valence-electron chi connectivity index (χ1n) is 5.83. The Kier molecular flexibility index (Phi) is 5.84. The number of rotatable bonds is 6. The Morgan fingerprint density at radius 3 is 2.78 bits per heavy atom. The van der Waals surface area contributed by atoms with Gasteiger partial charge in [-0.1, -0.05) is 6.07 Å². The van der Waals surface area contributed by atoms with E-state index >= 15 is 0 Å². The summed E-state index contributed by atoms with van der Waals surface area (Å²) in [5.74, 6) is -0.287. The first-order valence-corrected chi connectivity index (χ1v) is 5.83. The van der Waals surface area contributed by atoms with Crippen molar-refractivity contribution in [3.63, 3.8) is 0 Å². The van der Waals surface area contributed by atoms with E-state index in [2.05, 4.69) is 9.72 Å². The normalized spacial score (nSPS) is 9.89. The molecule has 98 valence electrons. The average Bonchev–Trinajstić information content (AvgIpc) is 2.42. The zero-order valence-corrected chi connectivity index (χ0v) is 10.8. The Hall–Kier alpha value is -1.91. The van der Waals surface area contributed by atoms with Crippen molar-refractivity contribution in [2.75, 3.05) is 20.7 Å². The molecule has 1 aromatic rings. The number of aromatic nitrogens is 1. The standard InChI is InChI=1S/C13H18N2O3/c1-15(9-7-13(17)18-2)12(16)6-5-11-4-3-8-14-10-11/h3-4,8,10H,5-7,9H2,1-2H3. The van der Waals surface area contributed by atoms with Gasteiger partial charge in [-0.2, -0.15) is 0 Å². The van der Waals surface area contributed by atoms with Crippen LogP contribution in [0.2, 0.25) is 0 Å². The summed E-state index contributed by atoms with van der Waals surface area (Å²) in [5, 5.41) is 0. The van der Waals surface area contributed by atoms with E-state index in [4.69, 9.17) is 0 Å². The number of methoxy groups -OCH3 is 1. The monoisotopic (exact) mass is 250 g/mol. The third kappa shape index (κ3) is 4.95. The highest BCUT2D eigenvalue weighted by Crippen LogP contribution is 2.03. The molecule has 0 aliphatic heterocycles. The molecule has 0 bridgehead atoms. The number of carbonyl (C=O) groups excluding carboxylic acids is 2. The predicted molar refractivity (Wildman–Crippen MR) is 66.8 cm³/mol. The van der Waals surface area contributed by atoms with Crippen molar-refractivity contribution >= 4 is 11.9 Å². The van der Waals surface area contributed by atoms with Gasteiger partial charge in [-0.25, -0.2) is 0 Å². The van der Waals surface area contributed by atoms with Crippen molar-refractivity contribution in [2.24, 2.45) is 0 Å². The van der Waals surface area contributed by atoms with Crippen LogP contribution in [-0.2, 0) is 20.7 Å². The molecule has 0 aliphatic rings. The molecule has 0 aromatic carbocycles. The SMILES string of the molecule is COC(=O)CCN(C)C(=O)CCc1cccnc1. The van der Waals surface area contributed by atoms with Gasteiger partial charge in [0.1, 0.15) is 0 Å². The van der Waals surface area contributed by atoms with Crippen LogP contribution >= 0.6 is 0 Å². The number of carbonyl (C=O) groups is 2. The lowest BCUT2D eigenvalue weighted by Crippen LogP contribution is -2.29. The van der Waals surface area contributed by atoms with E-state index in [9.17, 15) is 9.59 Å². The minimum atomic E-state index is -0.304. The maximum atomic E-state index is 11.8. The third-order valence-electron chi connectivity index (χ3n) is 2.66. The highest BCUT2D eigenvalue weighted by molar-refractivity contribution is 5.77. The minimum Gasteiger partial charge on any atom is -0.469 e. The first kappa shape index (κ1) is 14.2. The summed E-state index contributed by atoms with van der Waals surface area (Å²) in [4.78, 5) is 28.3. The zero-order chi connectivity index (χ0) is 13.4. The van der Waals surface area contributed by atoms with Crippen LogP contribution in [0.5, 0.6) is 0 Å². The number of hydrogen-bond acceptors (Lipinski definition) is 4. The quantitative estimate of drug-likeness (QED) is 0.708. The molecular weight excluding hydrogens is 232 g/mol. The number of aryl methyl sites for hydroxylation is 1. The molecule has 0 radical (unpaired) electrons. The van der Waals surface area contributed by atoms with Crippen molar-refractivity contribution in [1.82, 2.24) is 9.88 Å². The largest absolute Gasteiger partial charge is 0.469 e. The molecule has 5 heteroatoms. The molecule has 18 heavy (non-hydrogen) atoms. The van der Waals surface area contributed by atoms with E-state index in [1.54, 1.807) is 24.3 Å². The van der Waals surface area contributed by atoms with Gasteiger partial charge in [-0.3, -0.25) is 14.6 Å². The Bertz CT molecular complexity index is 392. The fraction of sp³-hybridized carbons (Fsp3) is 0.462. The third-order valence-corrected chi connectivity index (χ3v) is 2.66. The molecule has 0 fully saturated rings. The molecule has 1 aromatic heterocycles. The van der Waals surface area contributed by atoms with Crippen molar-refractivity contribution in [3.05, 3.63) is 30.1 Å². The van der Waals surface area contributed by atoms with Crippen molar-refractivity contribution in [2.45, 2.75) is 19.3 Å². The van der Waals surface area contributed by atoms with Crippen LogP contribution in [0.15, 0.2) is 24.5 Å². The van der Waals surface area contributed by atoms with Crippen LogP contribution in [0.3, 0.4) is 0 Å². The molecule has 1 rings (SSSR count). The van der Waals surface area contributed by atoms with Gasteiger partial charge in [0.2, 0.25) is 5.91 Å². The highest BCUT2D eigenvalue weighted by atomic mass is 16.5. The van der Waals surface area contributed by atoms with Crippen LogP contribution in [0.4, 0.5) is 0 Å². The topological polar surface area (TPSA) is 59.5 Å². The number of pyridine rings is 1. The Morgan fingerprint density at radius 1 is 1.39 bits per heavy atom. The van der Waals surface area contributed by atoms with E-state index < -0.39 is 0 Å². The van der Waals surface area contributed by atoms with Gasteiger partial charge in [0, 0.05) is 32.4 Å². The highest BCUT2D eigenvalue weighted by Gasteiger charge is 2.10. The Balaban J connectivity index is 2.30. The van der Waals surface area contributed by atoms with Crippen LogP contribution < -0.4 is 0 Å². The molecule has 5 nitrogen and oxygen atoms in total. The van der Waals surface area contributed by atoms with E-state index in [0.29, 0.717) is 19.4 Å². The predicted octanol–water partition coefficient (Wildman–Crippen LogP) is 1.04. The number of amides is 1. The fourth-order valence-corrected chi connectivity index (χ4v) is 1.47. The average molecular weight is 250 g/mol. The maximum Gasteiger partial charge on any atom is 0.307 e. The smallest absolute Gasteiger partial charge is 0.307 e. The van der Waals surface area contributed by atoms with Gasteiger partial charge in [0.15, 0.2) is 0 Å². The van der Waals surface area contributed by atoms with Crippen LogP contribution in [-0.4, -0.2) is 42.5 Å². The van der Waals surface area contributed by atoms with Gasteiger partial charge in [-0.15, -0.1) is 0 Å². The molecule has 0 N–H and O–H groups in total. The van der Waals surface area contributed by atoms with Crippen LogP contribution in [0.1, 0.15) is 18.4 Å². The van der Waals surface area contributed by atoms with Crippen LogP contribution in [0.25, 0.3) is 0 Å². The second kappa shape index (κ2) is 7.42. The van der Waals surface area contributed by atoms with Crippen molar-refractivity contribution in [3.8, 4) is 0 Å². The van der Waals surface area contributed by atoms with Gasteiger partial charge >= 0.3 is 5.97 Å². The molecule has 1 amide bonds. The summed E-state index contributed by atoms with van der Waals surface area (Å²) < 4.78 is 4.52. The molecule has 0 unspecified atom stereocenters. The summed E-state index contributed by atoms with van der Waals surface area (Å²) in [5.41, 5.74) is 1.03. The molecular formula is C13H18N2O3. The van der Waals surface area contributed by atoms with E-state index in [0.717, 1.165) is 5.56 Å². The van der Waals surface area contributed by atoms with E-state index in [1.807, 2.05) is 12.1 Å². The molecule has 0 atom stereocenters. The van der Waals surface area contributed by atoms with E-state index in [-0.39, 0.29) is 18.3 Å². The Morgan fingerprint density at radius 2 is 2.17 bits per heavy atom. The first-order chi connectivity index (χ1) is 8.63. The fourth-order valence-electron chi connectivity index (χ4n) is 1.47. The van der Waals surface area contributed by atoms with Crippen molar-refractivity contribution < 1.29 is 14.3 Å². The van der Waals surface area contributed by atoms with Crippen LogP contribution in [0, 0.1) is 0 Å². The molecule has 1 heterocycles. The summed E-state index contributed by atoms with van der Waals surface area (Å²) in [6, 6.07) is 3.79. The lowest BCUT2D eigenvalue weighted by Gasteiger charge is -2.16. The summed E-state index contributed by atoms with van der Waals surface area (Å²) in [6.07, 6.45) is 4.76. The van der Waals surface area contributed by atoms with Gasteiger partial charge in [0.25, 0.3) is 0 Å². The Labute approximate surface area is 107 Å². The number of ether oxygens (including phenoxy) is 1. The second-order valence-corrected chi connectivity index (χ2v) is 4.00. The summed E-state index contributed by atoms with van der Waals surface area (Å²) in [7, 11) is 3.03. The molecule has 0 spiro atoms. The number of nitrogens with zero attached hydrogens (tertiary/aromatic N) is 2. The number of hydrogen-bond donors (Lipinski definition) is 0. The molecule has 0 saturated heterocycles. The zero-order valence-electron chi connectivity index (χ0n) is 10.8. The molecule has 0 saturated carbocycles. The number of esters is 1. The van der Waals surface area contributed by atoms with Gasteiger partial charge in [0.05, 0.1) is 13.5 Å².